The van der Waals surface area contributed by atoms with Crippen LogP contribution in [0.15, 0.2) is 48.5 Å². The third-order valence-corrected chi connectivity index (χ3v) is 6.15. The van der Waals surface area contributed by atoms with E-state index in [2.05, 4.69) is 48.5 Å². The molecule has 0 spiro atoms. The summed E-state index contributed by atoms with van der Waals surface area (Å²) in [5.74, 6) is 3.39. The maximum Gasteiger partial charge on any atom is 0.118 e. The van der Waals surface area contributed by atoms with Crippen LogP contribution in [0.1, 0.15) is 36.8 Å². The van der Waals surface area contributed by atoms with Gasteiger partial charge in [0.1, 0.15) is 11.5 Å². The smallest absolute Gasteiger partial charge is 0.118 e. The van der Waals surface area contributed by atoms with Gasteiger partial charge >= 0.3 is 0 Å². The van der Waals surface area contributed by atoms with E-state index in [9.17, 15) is 0 Å². The van der Waals surface area contributed by atoms with Crippen molar-refractivity contribution < 1.29 is 9.47 Å². The van der Waals surface area contributed by atoms with Crippen LogP contribution >= 0.6 is 0 Å². The van der Waals surface area contributed by atoms with E-state index in [-0.39, 0.29) is 5.41 Å². The molecular formula is C21H24O2. The fraction of sp³-hybridized carbons (Fsp3) is 0.429. The van der Waals surface area contributed by atoms with Gasteiger partial charge in [-0.15, -0.1) is 0 Å². The molecule has 4 rings (SSSR count). The Bertz CT molecular complexity index is 602. The zero-order valence-corrected chi connectivity index (χ0v) is 13.9. The van der Waals surface area contributed by atoms with E-state index in [1.807, 2.05) is 0 Å². The first-order valence-electron chi connectivity index (χ1n) is 8.58. The van der Waals surface area contributed by atoms with Crippen LogP contribution in [0.2, 0.25) is 0 Å². The molecule has 23 heavy (non-hydrogen) atoms. The van der Waals surface area contributed by atoms with Crippen molar-refractivity contribution in [1.82, 2.24) is 0 Å². The minimum atomic E-state index is 0.179. The molecule has 2 bridgehead atoms. The molecule has 2 saturated carbocycles. The van der Waals surface area contributed by atoms with Crippen molar-refractivity contribution in [2.24, 2.45) is 11.8 Å². The van der Waals surface area contributed by atoms with Crippen LogP contribution in [0, 0.1) is 11.8 Å². The van der Waals surface area contributed by atoms with Gasteiger partial charge in [-0.2, -0.15) is 0 Å². The number of benzene rings is 2. The predicted molar refractivity (Wildman–Crippen MR) is 92.2 cm³/mol. The Hall–Kier alpha value is -1.96. The molecule has 2 aromatic carbocycles. The fourth-order valence-electron chi connectivity index (χ4n) is 5.18. The van der Waals surface area contributed by atoms with Crippen LogP contribution in [0.4, 0.5) is 0 Å². The van der Waals surface area contributed by atoms with Gasteiger partial charge in [0.05, 0.1) is 14.2 Å². The van der Waals surface area contributed by atoms with E-state index >= 15 is 0 Å². The minimum Gasteiger partial charge on any atom is -0.497 e. The zero-order valence-electron chi connectivity index (χ0n) is 13.9. The second-order valence-corrected chi connectivity index (χ2v) is 6.87. The second kappa shape index (κ2) is 5.59. The Balaban J connectivity index is 1.84. The Morgan fingerprint density at radius 3 is 1.30 bits per heavy atom. The molecule has 0 heterocycles. The van der Waals surface area contributed by atoms with Crippen molar-refractivity contribution in [3.63, 3.8) is 0 Å². The first-order valence-corrected chi connectivity index (χ1v) is 8.58. The summed E-state index contributed by atoms with van der Waals surface area (Å²) >= 11 is 0. The normalized spacial score (nSPS) is 24.6. The van der Waals surface area contributed by atoms with Gasteiger partial charge in [0.15, 0.2) is 0 Å². The van der Waals surface area contributed by atoms with Crippen LogP contribution < -0.4 is 9.47 Å². The van der Waals surface area contributed by atoms with E-state index < -0.39 is 0 Å². The Labute approximate surface area is 138 Å². The quantitative estimate of drug-likeness (QED) is 0.807. The molecule has 0 N–H and O–H groups in total. The van der Waals surface area contributed by atoms with Crippen LogP contribution in [0.25, 0.3) is 0 Å². The second-order valence-electron chi connectivity index (χ2n) is 6.87. The lowest BCUT2D eigenvalue weighted by molar-refractivity contribution is 0.384. The topological polar surface area (TPSA) is 18.5 Å². The maximum absolute atomic E-state index is 5.35. The average molecular weight is 308 g/mol. The van der Waals surface area contributed by atoms with Gasteiger partial charge in [0, 0.05) is 5.41 Å². The fourth-order valence-corrected chi connectivity index (χ4v) is 5.18. The van der Waals surface area contributed by atoms with Crippen molar-refractivity contribution in [2.45, 2.75) is 31.1 Å². The molecule has 2 aliphatic rings. The summed E-state index contributed by atoms with van der Waals surface area (Å²) in [6, 6.07) is 17.5. The van der Waals surface area contributed by atoms with Crippen LogP contribution in [-0.2, 0) is 5.41 Å². The van der Waals surface area contributed by atoms with Crippen molar-refractivity contribution in [3.05, 3.63) is 59.7 Å². The van der Waals surface area contributed by atoms with Gasteiger partial charge in [-0.3, -0.25) is 0 Å². The van der Waals surface area contributed by atoms with E-state index in [4.69, 9.17) is 9.47 Å². The number of hydrogen-bond donors (Lipinski definition) is 0. The van der Waals surface area contributed by atoms with Gasteiger partial charge in [-0.1, -0.05) is 24.3 Å². The Morgan fingerprint density at radius 2 is 1.00 bits per heavy atom. The summed E-state index contributed by atoms with van der Waals surface area (Å²) in [6.45, 7) is 0. The molecule has 2 nitrogen and oxygen atoms in total. The molecule has 0 unspecified atom stereocenters. The third kappa shape index (κ3) is 2.08. The highest BCUT2D eigenvalue weighted by molar-refractivity contribution is 5.47. The Kier molecular flexibility index (Phi) is 3.56. The van der Waals surface area contributed by atoms with Gasteiger partial charge in [-0.25, -0.2) is 0 Å². The van der Waals surface area contributed by atoms with Crippen molar-refractivity contribution in [1.29, 1.82) is 0 Å². The van der Waals surface area contributed by atoms with Crippen LogP contribution in [0.5, 0.6) is 11.5 Å². The van der Waals surface area contributed by atoms with Gasteiger partial charge in [-0.05, 0) is 72.9 Å². The molecule has 0 radical (unpaired) electrons. The summed E-state index contributed by atoms with van der Waals surface area (Å²) in [5.41, 5.74) is 3.08. The van der Waals surface area contributed by atoms with Crippen LogP contribution in [0.3, 0.4) is 0 Å². The van der Waals surface area contributed by atoms with E-state index in [1.165, 1.54) is 36.8 Å². The molecule has 0 atom stereocenters. The highest BCUT2D eigenvalue weighted by atomic mass is 16.5. The zero-order chi connectivity index (χ0) is 15.9. The number of fused-ring (bicyclic) bond motifs is 2. The molecule has 2 heteroatoms. The number of methoxy groups -OCH3 is 2. The number of ether oxygens (including phenoxy) is 2. The molecule has 0 amide bonds. The number of rotatable bonds is 4. The standard InChI is InChI=1S/C21H24O2/c1-22-19-11-7-17(8-12-19)21(15-3-4-16(21)6-5-15)18-9-13-20(23-2)14-10-18/h7-16H,3-6H2,1-2H3. The van der Waals surface area contributed by atoms with Crippen molar-refractivity contribution >= 4 is 0 Å². The summed E-state index contributed by atoms with van der Waals surface area (Å²) in [5, 5.41) is 0. The van der Waals surface area contributed by atoms with Crippen molar-refractivity contribution in [3.8, 4) is 11.5 Å². The lowest BCUT2D eigenvalue weighted by atomic mass is 9.67. The van der Waals surface area contributed by atoms with E-state index in [1.54, 1.807) is 14.2 Å². The van der Waals surface area contributed by atoms with Gasteiger partial charge in [0.2, 0.25) is 0 Å². The maximum atomic E-state index is 5.35. The molecule has 0 aromatic heterocycles. The largest absolute Gasteiger partial charge is 0.497 e. The van der Waals surface area contributed by atoms with Crippen molar-refractivity contribution in [2.75, 3.05) is 14.2 Å². The van der Waals surface area contributed by atoms with Gasteiger partial charge < -0.3 is 9.47 Å². The lowest BCUT2D eigenvalue weighted by Crippen LogP contribution is -2.33. The highest BCUT2D eigenvalue weighted by Crippen LogP contribution is 2.62. The third-order valence-electron chi connectivity index (χ3n) is 6.15. The number of hydrogen-bond acceptors (Lipinski definition) is 2. The Morgan fingerprint density at radius 1 is 0.652 bits per heavy atom. The van der Waals surface area contributed by atoms with Crippen LogP contribution in [-0.4, -0.2) is 14.2 Å². The highest BCUT2D eigenvalue weighted by Gasteiger charge is 2.55. The molecule has 0 saturated heterocycles. The first kappa shape index (κ1) is 14.6. The average Bonchev–Trinajstić information content (AvgIpc) is 3.18. The molecule has 2 aliphatic carbocycles. The molecule has 2 aromatic rings. The lowest BCUT2D eigenvalue weighted by Gasteiger charge is -2.36. The molecule has 2 fully saturated rings. The summed E-state index contributed by atoms with van der Waals surface area (Å²) < 4.78 is 10.7. The SMILES string of the molecule is COc1ccc(C2(c3ccc(OC)cc3)C3CCC2CC3)cc1. The molecule has 0 aliphatic heterocycles. The van der Waals surface area contributed by atoms with E-state index in [0.29, 0.717) is 0 Å². The monoisotopic (exact) mass is 308 g/mol. The molecular weight excluding hydrogens is 284 g/mol. The first-order chi connectivity index (χ1) is 11.3. The molecule has 120 valence electrons. The summed E-state index contributed by atoms with van der Waals surface area (Å²) in [7, 11) is 3.46. The predicted octanol–water partition coefficient (Wildman–Crippen LogP) is 4.81. The van der Waals surface area contributed by atoms with E-state index in [0.717, 1.165) is 23.3 Å². The summed E-state index contributed by atoms with van der Waals surface area (Å²) in [4.78, 5) is 0. The van der Waals surface area contributed by atoms with Gasteiger partial charge in [0.25, 0.3) is 0 Å². The summed E-state index contributed by atoms with van der Waals surface area (Å²) in [6.07, 6.45) is 5.40. The minimum absolute atomic E-state index is 0.179.